The number of hydrogen-bond donors (Lipinski definition) is 3. The van der Waals surface area contributed by atoms with E-state index in [0.29, 0.717) is 47.9 Å². The van der Waals surface area contributed by atoms with Crippen molar-refractivity contribution in [2.45, 2.75) is 119 Å². The van der Waals surface area contributed by atoms with E-state index < -0.39 is 74.5 Å². The Morgan fingerprint density at radius 1 is 0.952 bits per heavy atom. The Bertz CT molecular complexity index is 2550. The van der Waals surface area contributed by atoms with Crippen LogP contribution in [0.3, 0.4) is 0 Å². The van der Waals surface area contributed by atoms with E-state index in [1.54, 1.807) is 42.5 Å². The van der Waals surface area contributed by atoms with Crippen molar-refractivity contribution in [3.8, 4) is 22.8 Å². The van der Waals surface area contributed by atoms with Crippen LogP contribution in [-0.4, -0.2) is 90.9 Å². The molecule has 1 saturated heterocycles. The highest BCUT2D eigenvalue weighted by Crippen LogP contribution is 2.46. The third-order valence-corrected chi connectivity index (χ3v) is 14.6. The number of rotatable bonds is 9. The summed E-state index contributed by atoms with van der Waals surface area (Å²) in [4.78, 5) is 62.8. The summed E-state index contributed by atoms with van der Waals surface area (Å²) in [6.07, 6.45) is 9.40. The maximum atomic E-state index is 15.3. The summed E-state index contributed by atoms with van der Waals surface area (Å²) in [5, 5.41) is 5.62. The van der Waals surface area contributed by atoms with Gasteiger partial charge in [0.15, 0.2) is 22.7 Å². The number of alkyl carbamates (subject to hydrolysis) is 1. The number of furan rings is 1. The molecular formula is C45H50FN5O10S. The van der Waals surface area contributed by atoms with Crippen LogP contribution < -0.4 is 24.8 Å². The van der Waals surface area contributed by atoms with Gasteiger partial charge in [-0.25, -0.2) is 22.6 Å². The molecule has 0 radical (unpaired) electrons. The van der Waals surface area contributed by atoms with Gasteiger partial charge in [-0.3, -0.25) is 19.1 Å². The van der Waals surface area contributed by atoms with Crippen LogP contribution >= 0.6 is 0 Å². The number of halogens is 1. The first-order valence-corrected chi connectivity index (χ1v) is 23.1. The van der Waals surface area contributed by atoms with E-state index in [1.165, 1.54) is 18.1 Å². The Morgan fingerprint density at radius 2 is 1.74 bits per heavy atom. The van der Waals surface area contributed by atoms with Crippen molar-refractivity contribution in [2.24, 2.45) is 5.92 Å². The van der Waals surface area contributed by atoms with Gasteiger partial charge in [-0.15, -0.1) is 0 Å². The summed E-state index contributed by atoms with van der Waals surface area (Å²) in [5.74, 6) is -2.41. The lowest BCUT2D eigenvalue weighted by Gasteiger charge is -2.30. The smallest absolute Gasteiger partial charge is 0.408 e. The number of hydrogen-bond acceptors (Lipinski definition) is 11. The summed E-state index contributed by atoms with van der Waals surface area (Å²) in [7, 11) is -2.43. The Hall–Kier alpha value is -5.71. The molecule has 9 rings (SSSR count). The molecule has 2 aromatic heterocycles. The molecule has 2 aliphatic heterocycles. The van der Waals surface area contributed by atoms with Crippen molar-refractivity contribution in [1.82, 2.24) is 25.2 Å². The number of sulfonamides is 1. The molecule has 17 heteroatoms. The number of amides is 4. The average molecular weight is 872 g/mol. The lowest BCUT2D eigenvalue weighted by molar-refractivity contribution is -0.141. The Labute approximate surface area is 358 Å². The number of aromatic nitrogens is 1. The molecule has 4 fully saturated rings. The fraction of sp³-hybridized carbons (Fsp3) is 0.489. The lowest BCUT2D eigenvalue weighted by atomic mass is 10.0. The van der Waals surface area contributed by atoms with Gasteiger partial charge in [0.2, 0.25) is 21.8 Å². The molecule has 62 heavy (non-hydrogen) atoms. The third-order valence-electron chi connectivity index (χ3n) is 12.8. The van der Waals surface area contributed by atoms with E-state index in [2.05, 4.69) is 15.4 Å². The minimum Gasteiger partial charge on any atom is -0.493 e. The number of carbonyl (C=O) groups is 4. The standard InChI is InChI=1S/C45H50FN5O10S/c1-58-36-19-11-16-31-38-40(61-39(31)36)37(23-34(47-38)30-15-9-10-17-32(30)46)59-28-22-35-41(52)49-45(43(54)50-62(56,57)29-20-21-29)24-26(45)12-5-3-2-4-6-18-33(42(53)51(35)25-28)48-44(55)60-27-13-7-8-14-27/h5,9-12,15-17,19,23,26-29,33,35H,2-4,6-8,13-14,18,20-22,24-25H2,1H3,(H,48,55)(H,49,52)(H,50,54)/b12-5-/t26-,28-,33+,35+,45-/m1/s1. The van der Waals surface area contributed by atoms with Crippen molar-refractivity contribution >= 4 is 55.9 Å². The third kappa shape index (κ3) is 8.30. The molecule has 0 unspecified atom stereocenters. The predicted octanol–water partition coefficient (Wildman–Crippen LogP) is 6.19. The SMILES string of the molecule is COc1cccc2c1oc1c(O[C@@H]3C[C@H]4C(=O)N[C@]5(C(=O)NS(=O)(=O)C6CC6)C[C@H]5/C=C\CCCCC[C@H](NC(=O)OC5CCCC5)C(=O)N4C3)cc(-c3ccccc3F)nc12. The van der Waals surface area contributed by atoms with Crippen LogP contribution in [0.2, 0.25) is 0 Å². The number of nitrogens with zero attached hydrogens (tertiary/aromatic N) is 2. The molecule has 0 spiro atoms. The zero-order valence-corrected chi connectivity index (χ0v) is 35.2. The normalized spacial score (nSPS) is 26.5. The summed E-state index contributed by atoms with van der Waals surface area (Å²) in [6, 6.07) is 10.8. The number of ether oxygens (including phenoxy) is 3. The van der Waals surface area contributed by atoms with Crippen LogP contribution in [0.5, 0.6) is 11.5 Å². The summed E-state index contributed by atoms with van der Waals surface area (Å²) < 4.78 is 67.8. The molecule has 2 aromatic carbocycles. The summed E-state index contributed by atoms with van der Waals surface area (Å²) in [5.41, 5.74) is -0.0952. The van der Waals surface area contributed by atoms with E-state index >= 15 is 4.39 Å². The molecule has 4 heterocycles. The van der Waals surface area contributed by atoms with Crippen LogP contribution in [-0.2, 0) is 29.1 Å². The number of pyridine rings is 1. The molecule has 328 valence electrons. The van der Waals surface area contributed by atoms with Crippen LogP contribution in [0.4, 0.5) is 9.18 Å². The molecule has 0 bridgehead atoms. The zero-order valence-electron chi connectivity index (χ0n) is 34.4. The number of para-hydroxylation sites is 1. The van der Waals surface area contributed by atoms with E-state index in [0.717, 1.165) is 38.5 Å². The minimum atomic E-state index is -3.94. The highest BCUT2D eigenvalue weighted by atomic mass is 32.2. The second-order valence-electron chi connectivity index (χ2n) is 17.1. The zero-order chi connectivity index (χ0) is 43.2. The van der Waals surface area contributed by atoms with Gasteiger partial charge in [0.25, 0.3) is 5.91 Å². The highest BCUT2D eigenvalue weighted by Gasteiger charge is 2.62. The van der Waals surface area contributed by atoms with Crippen LogP contribution in [0.25, 0.3) is 33.3 Å². The number of fused-ring (bicyclic) bond motifs is 5. The van der Waals surface area contributed by atoms with Crippen molar-refractivity contribution in [3.05, 3.63) is 66.5 Å². The molecular weight excluding hydrogens is 822 g/mol. The molecule has 3 saturated carbocycles. The van der Waals surface area contributed by atoms with E-state index in [1.807, 2.05) is 12.2 Å². The average Bonchev–Trinajstić information content (AvgIpc) is 4.06. The van der Waals surface area contributed by atoms with E-state index in [-0.39, 0.29) is 54.5 Å². The first kappa shape index (κ1) is 41.6. The highest BCUT2D eigenvalue weighted by molar-refractivity contribution is 7.91. The largest absolute Gasteiger partial charge is 0.493 e. The van der Waals surface area contributed by atoms with Crippen molar-refractivity contribution in [2.75, 3.05) is 13.7 Å². The second kappa shape index (κ2) is 16.9. The molecule has 5 aliphatic rings. The number of allylic oxidation sites excluding steroid dienone is 1. The lowest BCUT2D eigenvalue weighted by Crippen LogP contribution is -2.58. The van der Waals surface area contributed by atoms with Crippen molar-refractivity contribution < 1.29 is 50.6 Å². The summed E-state index contributed by atoms with van der Waals surface area (Å²) in [6.45, 7) is -0.117. The van der Waals surface area contributed by atoms with Gasteiger partial charge >= 0.3 is 6.09 Å². The first-order chi connectivity index (χ1) is 29.9. The van der Waals surface area contributed by atoms with E-state index in [4.69, 9.17) is 23.6 Å². The van der Waals surface area contributed by atoms with Crippen LogP contribution in [0, 0.1) is 11.7 Å². The van der Waals surface area contributed by atoms with Crippen molar-refractivity contribution in [3.63, 3.8) is 0 Å². The molecule has 15 nitrogen and oxygen atoms in total. The van der Waals surface area contributed by atoms with E-state index in [9.17, 15) is 27.6 Å². The maximum Gasteiger partial charge on any atom is 0.408 e. The molecule has 3 aliphatic carbocycles. The molecule has 4 amide bonds. The number of carbonyl (C=O) groups excluding carboxylic acids is 4. The fourth-order valence-corrected chi connectivity index (χ4v) is 10.5. The number of benzene rings is 2. The minimum absolute atomic E-state index is 0.0577. The number of methoxy groups -OCH3 is 1. The molecule has 4 aromatic rings. The van der Waals surface area contributed by atoms with Gasteiger partial charge in [0, 0.05) is 24.0 Å². The Balaban J connectivity index is 1.07. The fourth-order valence-electron chi connectivity index (χ4n) is 9.12. The topological polar surface area (TPSA) is 195 Å². The summed E-state index contributed by atoms with van der Waals surface area (Å²) >= 11 is 0. The Morgan fingerprint density at radius 3 is 2.52 bits per heavy atom. The van der Waals surface area contributed by atoms with Gasteiger partial charge in [0.1, 0.15) is 41.2 Å². The van der Waals surface area contributed by atoms with Crippen LogP contribution in [0.1, 0.15) is 83.5 Å². The molecule has 3 N–H and O–H groups in total. The quantitative estimate of drug-likeness (QED) is 0.163. The van der Waals surface area contributed by atoms with Gasteiger partial charge in [-0.2, -0.15) is 0 Å². The second-order valence-corrected chi connectivity index (χ2v) is 19.1. The van der Waals surface area contributed by atoms with Gasteiger partial charge in [0.05, 0.1) is 30.0 Å². The monoisotopic (exact) mass is 871 g/mol. The number of nitrogens with one attached hydrogen (secondary N) is 3. The van der Waals surface area contributed by atoms with Gasteiger partial charge in [-0.05, 0) is 88.5 Å². The maximum absolute atomic E-state index is 15.3. The van der Waals surface area contributed by atoms with Crippen molar-refractivity contribution in [1.29, 1.82) is 0 Å². The molecule has 5 atom stereocenters. The Kier molecular flexibility index (Phi) is 11.3. The first-order valence-electron chi connectivity index (χ1n) is 21.6. The van der Waals surface area contributed by atoms with Gasteiger partial charge < -0.3 is 34.2 Å². The predicted molar refractivity (Wildman–Crippen MR) is 225 cm³/mol. The van der Waals surface area contributed by atoms with Crippen LogP contribution in [0.15, 0.2) is 65.1 Å². The van der Waals surface area contributed by atoms with Gasteiger partial charge in [-0.1, -0.05) is 43.2 Å².